The summed E-state index contributed by atoms with van der Waals surface area (Å²) in [4.78, 5) is 33.9. The lowest BCUT2D eigenvalue weighted by atomic mass is 9.78. The van der Waals surface area contributed by atoms with Crippen LogP contribution in [0.2, 0.25) is 0 Å². The van der Waals surface area contributed by atoms with E-state index >= 15 is 4.39 Å². The Kier molecular flexibility index (Phi) is 7.00. The summed E-state index contributed by atoms with van der Waals surface area (Å²) < 4.78 is 21.3. The van der Waals surface area contributed by atoms with Crippen LogP contribution in [0.5, 0.6) is 0 Å². The van der Waals surface area contributed by atoms with Gasteiger partial charge in [-0.25, -0.2) is 14.2 Å². The second-order valence-electron chi connectivity index (χ2n) is 9.92. The number of nitrogens with one attached hydrogen (secondary N) is 1. The van der Waals surface area contributed by atoms with Crippen molar-refractivity contribution >= 4 is 62.0 Å². The molecule has 6 rings (SSSR count). The number of rotatable bonds is 2. The first-order valence-corrected chi connectivity index (χ1v) is 13.9. The van der Waals surface area contributed by atoms with Crippen LogP contribution >= 0.6 is 27.7 Å². The molecular weight excluding hydrogens is 535 g/mol. The molecule has 1 aliphatic carbocycles. The Bertz CT molecular complexity index is 1200. The van der Waals surface area contributed by atoms with Gasteiger partial charge in [-0.2, -0.15) is 0 Å². The van der Waals surface area contributed by atoms with Gasteiger partial charge < -0.3 is 19.9 Å². The molecule has 3 aliphatic heterocycles. The number of aromatic nitrogens is 1. The summed E-state index contributed by atoms with van der Waals surface area (Å²) in [7, 11) is 0. The Morgan fingerprint density at radius 1 is 1.34 bits per heavy atom. The third kappa shape index (κ3) is 4.37. The van der Waals surface area contributed by atoms with Crippen LogP contribution in [0.3, 0.4) is 0 Å². The highest BCUT2D eigenvalue weighted by Crippen LogP contribution is 2.51. The molecule has 1 N–H and O–H groups in total. The number of amides is 2. The molecule has 2 bridgehead atoms. The van der Waals surface area contributed by atoms with Gasteiger partial charge in [0.1, 0.15) is 16.1 Å². The number of hydrogen-bond acceptors (Lipinski definition) is 6. The molecule has 1 aromatic heterocycles. The van der Waals surface area contributed by atoms with Crippen molar-refractivity contribution < 1.29 is 18.7 Å². The topological polar surface area (TPSA) is 74.8 Å². The number of halogens is 2. The summed E-state index contributed by atoms with van der Waals surface area (Å²) in [6, 6.07) is 1.83. The minimum absolute atomic E-state index is 0.0327. The molecule has 2 saturated heterocycles. The van der Waals surface area contributed by atoms with Crippen molar-refractivity contribution in [3.8, 4) is 0 Å². The Morgan fingerprint density at radius 2 is 2.03 bits per heavy atom. The maximum Gasteiger partial charge on any atom is 0.410 e. The zero-order chi connectivity index (χ0) is 25.8. The van der Waals surface area contributed by atoms with Crippen LogP contribution in [0.25, 0.3) is 10.9 Å². The molecule has 4 heterocycles. The van der Waals surface area contributed by atoms with Gasteiger partial charge in [-0.1, -0.05) is 13.8 Å². The van der Waals surface area contributed by atoms with Crippen molar-refractivity contribution in [2.75, 3.05) is 29.6 Å². The predicted molar refractivity (Wildman–Crippen MR) is 142 cm³/mol. The van der Waals surface area contributed by atoms with Gasteiger partial charge >= 0.3 is 6.09 Å². The number of carbonyl (C=O) groups excluding carboxylic acids is 2. The summed E-state index contributed by atoms with van der Waals surface area (Å²) in [5.41, 5.74) is 1.85. The fourth-order valence-electron chi connectivity index (χ4n) is 5.23. The Morgan fingerprint density at radius 3 is 2.66 bits per heavy atom. The van der Waals surface area contributed by atoms with E-state index < -0.39 is 11.4 Å². The van der Waals surface area contributed by atoms with Gasteiger partial charge in [-0.3, -0.25) is 4.79 Å². The molecule has 10 heteroatoms. The van der Waals surface area contributed by atoms with Crippen molar-refractivity contribution in [2.24, 2.45) is 5.92 Å². The highest BCUT2D eigenvalue weighted by atomic mass is 79.9. The first-order chi connectivity index (χ1) is 16.5. The molecule has 3 fully saturated rings. The van der Waals surface area contributed by atoms with Crippen molar-refractivity contribution in [3.63, 3.8) is 0 Å². The van der Waals surface area contributed by atoms with Crippen molar-refractivity contribution in [3.05, 3.63) is 21.9 Å². The summed E-state index contributed by atoms with van der Waals surface area (Å²) >= 11 is 4.70. The number of anilines is 2. The number of carbonyl (C=O) groups is 2. The Labute approximate surface area is 218 Å². The average Bonchev–Trinajstić information content (AvgIpc) is 3.38. The summed E-state index contributed by atoms with van der Waals surface area (Å²) in [6.45, 7) is 12.1. The van der Waals surface area contributed by atoms with E-state index in [4.69, 9.17) is 4.74 Å². The van der Waals surface area contributed by atoms with Crippen LogP contribution in [0.4, 0.5) is 20.6 Å². The number of aryl methyl sites for hydroxylation is 1. The van der Waals surface area contributed by atoms with Gasteiger partial charge in [0.05, 0.1) is 34.5 Å². The molecule has 0 radical (unpaired) electrons. The molecule has 1 saturated carbocycles. The summed E-state index contributed by atoms with van der Waals surface area (Å²) in [6.07, 6.45) is 2.40. The molecule has 3 unspecified atom stereocenters. The average molecular weight is 568 g/mol. The number of hydrogen-bond donors (Lipinski definition) is 1. The lowest BCUT2D eigenvalue weighted by molar-refractivity contribution is -0.115. The second-order valence-corrected chi connectivity index (χ2v) is 11.5. The van der Waals surface area contributed by atoms with Crippen LogP contribution in [0, 0.1) is 18.7 Å². The zero-order valence-electron chi connectivity index (χ0n) is 21.2. The second kappa shape index (κ2) is 9.42. The van der Waals surface area contributed by atoms with Crippen molar-refractivity contribution in [2.45, 2.75) is 70.7 Å². The van der Waals surface area contributed by atoms with E-state index in [9.17, 15) is 9.59 Å². The normalized spacial score (nSPS) is 22.8. The smallest absolute Gasteiger partial charge is 0.410 e. The van der Waals surface area contributed by atoms with Crippen molar-refractivity contribution in [1.29, 1.82) is 0 Å². The van der Waals surface area contributed by atoms with Crippen LogP contribution < -0.4 is 10.2 Å². The predicted octanol–water partition coefficient (Wildman–Crippen LogP) is 5.96. The van der Waals surface area contributed by atoms with Gasteiger partial charge in [0.2, 0.25) is 5.91 Å². The maximum atomic E-state index is 15.2. The fraction of sp³-hybridized carbons (Fsp3) is 0.560. The molecule has 4 aliphatic rings. The molecule has 3 atom stereocenters. The van der Waals surface area contributed by atoms with Crippen LogP contribution in [0.1, 0.15) is 46.6 Å². The number of thioether (sulfide) groups is 1. The molecule has 0 spiro atoms. The van der Waals surface area contributed by atoms with Gasteiger partial charge in [-0.05, 0) is 67.9 Å². The minimum Gasteiger partial charge on any atom is -0.444 e. The lowest BCUT2D eigenvalue weighted by Crippen LogP contribution is -2.59. The summed E-state index contributed by atoms with van der Waals surface area (Å²) in [5.74, 6) is -0.320. The molecule has 190 valence electrons. The van der Waals surface area contributed by atoms with E-state index in [1.54, 1.807) is 4.90 Å². The van der Waals surface area contributed by atoms with E-state index in [1.165, 1.54) is 11.8 Å². The minimum atomic E-state index is -0.575. The lowest BCUT2D eigenvalue weighted by Gasteiger charge is -2.47. The monoisotopic (exact) mass is 566 g/mol. The van der Waals surface area contributed by atoms with Crippen LogP contribution in [-0.2, 0) is 9.53 Å². The fourth-order valence-corrected chi connectivity index (χ4v) is 6.07. The van der Waals surface area contributed by atoms with Crippen LogP contribution in [0.15, 0.2) is 15.6 Å². The third-order valence-electron chi connectivity index (χ3n) is 6.58. The maximum absolute atomic E-state index is 15.2. The highest BCUT2D eigenvalue weighted by molar-refractivity contribution is 9.10. The van der Waals surface area contributed by atoms with Gasteiger partial charge in [0, 0.05) is 17.8 Å². The van der Waals surface area contributed by atoms with Crippen LogP contribution in [-0.4, -0.2) is 58.9 Å². The number of benzene rings is 1. The standard InChI is InChI=1S/C23H26BrFN4O3S.C2H6/c1-10-6-12-17(16(25)15(10)24)27-21(33-5)18-20(12)29(9-14(30)26-18)19-11-7-13(19)28(8-11)22(31)32-23(2,3)4;1-2/h6,11,13,19H,7-9H2,1-5H3,(H,26,30);1-2H3. The number of nitrogens with zero attached hydrogens (tertiary/aromatic N) is 3. The number of pyridine rings is 1. The van der Waals surface area contributed by atoms with E-state index in [0.29, 0.717) is 27.1 Å². The van der Waals surface area contributed by atoms with E-state index in [1.807, 2.05) is 53.9 Å². The summed E-state index contributed by atoms with van der Waals surface area (Å²) in [5, 5.41) is 4.20. The SMILES string of the molecule is CC.CSc1nc2c(F)c(Br)c(C)cc2c2c1NC(=O)CN2C1C2CC1N(C(=O)OC(C)(C)C)C2. The van der Waals surface area contributed by atoms with Gasteiger partial charge in [-0.15, -0.1) is 11.8 Å². The molecule has 35 heavy (non-hydrogen) atoms. The number of fused-ring (bicyclic) bond motifs is 4. The third-order valence-corrected chi connectivity index (χ3v) is 8.24. The Hall–Kier alpha value is -2.07. The molecule has 2 aromatic rings. The molecule has 2 amide bonds. The highest BCUT2D eigenvalue weighted by Gasteiger charge is 2.58. The van der Waals surface area contributed by atoms with Gasteiger partial charge in [0.25, 0.3) is 0 Å². The first-order valence-electron chi connectivity index (χ1n) is 11.9. The quantitative estimate of drug-likeness (QED) is 0.452. The van der Waals surface area contributed by atoms with Crippen molar-refractivity contribution in [1.82, 2.24) is 9.88 Å². The van der Waals surface area contributed by atoms with E-state index in [-0.39, 0.29) is 42.1 Å². The number of ether oxygens (including phenoxy) is 1. The van der Waals surface area contributed by atoms with E-state index in [0.717, 1.165) is 17.7 Å². The largest absolute Gasteiger partial charge is 0.444 e. The first kappa shape index (κ1) is 26.0. The molecule has 7 nitrogen and oxygen atoms in total. The van der Waals surface area contributed by atoms with Gasteiger partial charge in [0.15, 0.2) is 5.82 Å². The zero-order valence-corrected chi connectivity index (χ0v) is 23.6. The molecular formula is C25H32BrFN4O3S. The van der Waals surface area contributed by atoms with E-state index in [2.05, 4.69) is 31.1 Å². The Balaban J connectivity index is 0.00000141. The molecule has 1 aromatic carbocycles.